The summed E-state index contributed by atoms with van der Waals surface area (Å²) < 4.78 is 11.2. The van der Waals surface area contributed by atoms with Crippen LogP contribution in [0.25, 0.3) is 0 Å². The van der Waals surface area contributed by atoms with Gasteiger partial charge in [-0.3, -0.25) is 4.79 Å². The lowest BCUT2D eigenvalue weighted by Gasteiger charge is -2.44. The Hall–Kier alpha value is -0.610. The third-order valence-corrected chi connectivity index (χ3v) is 3.59. The summed E-state index contributed by atoms with van der Waals surface area (Å²) >= 11 is 0. The molecule has 0 aromatic carbocycles. The topological polar surface area (TPSA) is 47.6 Å². The van der Waals surface area contributed by atoms with Crippen molar-refractivity contribution in [3.8, 4) is 0 Å². The lowest BCUT2D eigenvalue weighted by atomic mass is 9.81. The Morgan fingerprint density at radius 1 is 1.38 bits per heavy atom. The molecule has 0 bridgehead atoms. The number of amides is 1. The molecule has 5 unspecified atom stereocenters. The first-order valence-electron chi connectivity index (χ1n) is 5.96. The highest BCUT2D eigenvalue weighted by atomic mass is 16.7. The van der Waals surface area contributed by atoms with Gasteiger partial charge in [-0.2, -0.15) is 0 Å². The van der Waals surface area contributed by atoms with E-state index >= 15 is 0 Å². The molecule has 1 saturated heterocycles. The minimum absolute atomic E-state index is 0.0374. The zero-order valence-electron chi connectivity index (χ0n) is 10.8. The maximum atomic E-state index is 11.2. The molecule has 94 valence electrons. The smallest absolute Gasteiger partial charge is 0.217 e. The van der Waals surface area contributed by atoms with Crippen LogP contribution in [-0.4, -0.2) is 31.5 Å². The second kappa shape index (κ2) is 5.64. The Kier molecular flexibility index (Phi) is 4.74. The number of carbonyl (C=O) groups excluding carboxylic acids is 1. The number of nitrogens with one attached hydrogen (secondary N) is 1. The molecule has 0 saturated carbocycles. The second-order valence-electron chi connectivity index (χ2n) is 4.63. The third-order valence-electron chi connectivity index (χ3n) is 3.59. The van der Waals surface area contributed by atoms with Crippen LogP contribution in [0, 0.1) is 11.8 Å². The molecule has 0 spiro atoms. The molecule has 0 aromatic heterocycles. The van der Waals surface area contributed by atoms with Gasteiger partial charge in [-0.1, -0.05) is 20.8 Å². The summed E-state index contributed by atoms with van der Waals surface area (Å²) in [4.78, 5) is 11.2. The van der Waals surface area contributed by atoms with Gasteiger partial charge < -0.3 is 14.8 Å². The highest BCUT2D eigenvalue weighted by molar-refractivity contribution is 5.73. The van der Waals surface area contributed by atoms with E-state index in [2.05, 4.69) is 26.1 Å². The van der Waals surface area contributed by atoms with Gasteiger partial charge in [0.05, 0.1) is 12.1 Å². The van der Waals surface area contributed by atoms with Crippen molar-refractivity contribution in [3.05, 3.63) is 0 Å². The van der Waals surface area contributed by atoms with Gasteiger partial charge in [0.2, 0.25) is 5.91 Å². The summed E-state index contributed by atoms with van der Waals surface area (Å²) in [5.41, 5.74) is 0. The zero-order chi connectivity index (χ0) is 12.3. The van der Waals surface area contributed by atoms with E-state index in [4.69, 9.17) is 9.47 Å². The lowest BCUT2D eigenvalue weighted by molar-refractivity contribution is -0.225. The maximum Gasteiger partial charge on any atom is 0.217 e. The zero-order valence-corrected chi connectivity index (χ0v) is 10.8. The molecule has 0 aliphatic carbocycles. The van der Waals surface area contributed by atoms with Crippen molar-refractivity contribution in [1.29, 1.82) is 0 Å². The minimum Gasteiger partial charge on any atom is -0.354 e. The number of hydrogen-bond acceptors (Lipinski definition) is 3. The van der Waals surface area contributed by atoms with Gasteiger partial charge >= 0.3 is 0 Å². The Morgan fingerprint density at radius 2 is 2.00 bits per heavy atom. The molecule has 0 radical (unpaired) electrons. The molecule has 1 heterocycles. The third kappa shape index (κ3) is 2.74. The Morgan fingerprint density at radius 3 is 2.44 bits per heavy atom. The van der Waals surface area contributed by atoms with Crippen molar-refractivity contribution in [2.75, 3.05) is 7.11 Å². The minimum atomic E-state index is -0.333. The predicted molar refractivity (Wildman–Crippen MR) is 61.9 cm³/mol. The maximum absolute atomic E-state index is 11.2. The predicted octanol–water partition coefficient (Wildman–Crippen LogP) is 1.54. The van der Waals surface area contributed by atoms with Crippen molar-refractivity contribution in [1.82, 2.24) is 5.32 Å². The van der Waals surface area contributed by atoms with Gasteiger partial charge in [0.15, 0.2) is 6.29 Å². The number of methoxy groups -OCH3 is 1. The van der Waals surface area contributed by atoms with Crippen molar-refractivity contribution in [2.24, 2.45) is 11.8 Å². The summed E-state index contributed by atoms with van der Waals surface area (Å²) in [6, 6.07) is -0.0553. The van der Waals surface area contributed by atoms with Gasteiger partial charge in [-0.15, -0.1) is 0 Å². The fourth-order valence-corrected chi connectivity index (χ4v) is 2.40. The van der Waals surface area contributed by atoms with Crippen LogP contribution in [0.5, 0.6) is 0 Å². The molecule has 4 nitrogen and oxygen atoms in total. The largest absolute Gasteiger partial charge is 0.354 e. The molecule has 1 fully saturated rings. The first-order chi connectivity index (χ1) is 7.51. The van der Waals surface area contributed by atoms with Crippen LogP contribution in [0.15, 0.2) is 0 Å². The van der Waals surface area contributed by atoms with Crippen LogP contribution in [0.3, 0.4) is 0 Å². The summed E-state index contributed by atoms with van der Waals surface area (Å²) in [6.45, 7) is 7.94. The van der Waals surface area contributed by atoms with E-state index in [0.717, 1.165) is 6.42 Å². The fourth-order valence-electron chi connectivity index (χ4n) is 2.40. The molecule has 1 rings (SSSR count). The van der Waals surface area contributed by atoms with Crippen LogP contribution in [-0.2, 0) is 14.3 Å². The second-order valence-corrected chi connectivity index (χ2v) is 4.63. The van der Waals surface area contributed by atoms with Crippen LogP contribution >= 0.6 is 0 Å². The Balaban J connectivity index is 2.77. The van der Waals surface area contributed by atoms with E-state index in [9.17, 15) is 4.79 Å². The molecular weight excluding hydrogens is 206 g/mol. The summed E-state index contributed by atoms with van der Waals surface area (Å²) in [7, 11) is 1.62. The number of hydrogen-bond donors (Lipinski definition) is 1. The first-order valence-corrected chi connectivity index (χ1v) is 5.96. The summed E-state index contributed by atoms with van der Waals surface area (Å²) in [5.74, 6) is 0.741. The molecule has 0 aromatic rings. The number of carbonyl (C=O) groups is 1. The fraction of sp³-hybridized carbons (Fsp3) is 0.917. The van der Waals surface area contributed by atoms with Crippen molar-refractivity contribution in [2.45, 2.75) is 52.6 Å². The SMILES string of the molecule is CCC1OC(OC)C(NC(C)=O)C(C)C1C. The molecule has 1 amide bonds. The van der Waals surface area contributed by atoms with Gasteiger partial charge in [0.25, 0.3) is 0 Å². The van der Waals surface area contributed by atoms with Gasteiger partial charge in [0.1, 0.15) is 0 Å². The Labute approximate surface area is 97.7 Å². The molecular formula is C12H23NO3. The standard InChI is InChI=1S/C12H23NO3/c1-6-10-7(2)8(3)11(13-9(4)14)12(15-5)16-10/h7-8,10-12H,6H2,1-5H3,(H,13,14). The Bertz CT molecular complexity index is 242. The normalized spacial score (nSPS) is 39.4. The van der Waals surface area contributed by atoms with Crippen molar-refractivity contribution >= 4 is 5.91 Å². The van der Waals surface area contributed by atoms with Crippen LogP contribution in [0.1, 0.15) is 34.1 Å². The molecule has 4 heteroatoms. The van der Waals surface area contributed by atoms with Gasteiger partial charge in [-0.05, 0) is 18.3 Å². The quantitative estimate of drug-likeness (QED) is 0.798. The summed E-state index contributed by atoms with van der Waals surface area (Å²) in [6.07, 6.45) is 0.850. The molecule has 1 N–H and O–H groups in total. The average Bonchev–Trinajstić information content (AvgIpc) is 2.25. The van der Waals surface area contributed by atoms with Crippen LogP contribution in [0.4, 0.5) is 0 Å². The van der Waals surface area contributed by atoms with Crippen molar-refractivity contribution in [3.63, 3.8) is 0 Å². The van der Waals surface area contributed by atoms with E-state index in [1.807, 2.05) is 0 Å². The van der Waals surface area contributed by atoms with E-state index in [-0.39, 0.29) is 24.3 Å². The van der Waals surface area contributed by atoms with Crippen molar-refractivity contribution < 1.29 is 14.3 Å². The highest BCUT2D eigenvalue weighted by Crippen LogP contribution is 2.32. The number of ether oxygens (including phenoxy) is 2. The van der Waals surface area contributed by atoms with E-state index < -0.39 is 0 Å². The van der Waals surface area contributed by atoms with Gasteiger partial charge in [-0.25, -0.2) is 0 Å². The van der Waals surface area contributed by atoms with Crippen LogP contribution < -0.4 is 5.32 Å². The highest BCUT2D eigenvalue weighted by Gasteiger charge is 2.41. The van der Waals surface area contributed by atoms with E-state index in [1.165, 1.54) is 6.92 Å². The number of rotatable bonds is 3. The summed E-state index contributed by atoms with van der Waals surface area (Å²) in [5, 5.41) is 2.92. The molecule has 16 heavy (non-hydrogen) atoms. The average molecular weight is 229 g/mol. The molecule has 1 aliphatic rings. The van der Waals surface area contributed by atoms with E-state index in [0.29, 0.717) is 11.8 Å². The van der Waals surface area contributed by atoms with Gasteiger partial charge in [0, 0.05) is 14.0 Å². The first kappa shape index (κ1) is 13.5. The monoisotopic (exact) mass is 229 g/mol. The molecule has 1 aliphatic heterocycles. The molecule has 5 atom stereocenters. The lowest BCUT2D eigenvalue weighted by Crippen LogP contribution is -2.57. The van der Waals surface area contributed by atoms with E-state index in [1.54, 1.807) is 7.11 Å². The van der Waals surface area contributed by atoms with Crippen LogP contribution in [0.2, 0.25) is 0 Å².